The van der Waals surface area contributed by atoms with Crippen molar-refractivity contribution in [1.82, 2.24) is 16.0 Å². The first kappa shape index (κ1) is 25.0. The zero-order chi connectivity index (χ0) is 21.3. The van der Waals surface area contributed by atoms with Crippen LogP contribution >= 0.6 is 24.0 Å². The van der Waals surface area contributed by atoms with Gasteiger partial charge in [0.25, 0.3) is 5.91 Å². The number of aliphatic imine (C=N–C) groups is 1. The van der Waals surface area contributed by atoms with Crippen molar-refractivity contribution in [2.45, 2.75) is 52.3 Å². The molecule has 1 aliphatic rings. The summed E-state index contributed by atoms with van der Waals surface area (Å²) in [5.74, 6) is 1.70. The van der Waals surface area contributed by atoms with E-state index in [0.29, 0.717) is 18.7 Å². The first-order valence-electron chi connectivity index (χ1n) is 10.8. The standard InChI is InChI=1S/C24H32N4O2.HI/c1-4-17(3)28-23(29)19-12-10-18(11-13-19)15-26-24(25-5-2)27-16-21-14-20-8-6-7-9-22(20)30-21;/h6-13,17,21H,4-5,14-16H2,1-3H3,(H,28,29)(H2,25,26,27);1H. The van der Waals surface area contributed by atoms with Gasteiger partial charge in [0.05, 0.1) is 13.1 Å². The highest BCUT2D eigenvalue weighted by Gasteiger charge is 2.22. The molecule has 3 N–H and O–H groups in total. The molecule has 6 nitrogen and oxygen atoms in total. The molecule has 1 aliphatic heterocycles. The normalized spacial score (nSPS) is 15.8. The zero-order valence-electron chi connectivity index (χ0n) is 18.5. The number of ether oxygens (including phenoxy) is 1. The molecule has 1 amide bonds. The summed E-state index contributed by atoms with van der Waals surface area (Å²) in [6.45, 7) is 8.12. The van der Waals surface area contributed by atoms with Crippen molar-refractivity contribution in [2.75, 3.05) is 13.1 Å². The number of para-hydroxylation sites is 1. The second-order valence-electron chi connectivity index (χ2n) is 7.61. The molecular weight excluding hydrogens is 503 g/mol. The van der Waals surface area contributed by atoms with Crippen LogP contribution in [0.1, 0.15) is 48.7 Å². The van der Waals surface area contributed by atoms with Gasteiger partial charge >= 0.3 is 0 Å². The van der Waals surface area contributed by atoms with Crippen molar-refractivity contribution >= 4 is 35.8 Å². The summed E-state index contributed by atoms with van der Waals surface area (Å²) < 4.78 is 5.99. The number of hydrogen-bond acceptors (Lipinski definition) is 3. The number of benzene rings is 2. The summed E-state index contributed by atoms with van der Waals surface area (Å²) in [7, 11) is 0. The molecule has 2 unspecified atom stereocenters. The van der Waals surface area contributed by atoms with Gasteiger partial charge in [-0.1, -0.05) is 37.3 Å². The average Bonchev–Trinajstić information content (AvgIpc) is 3.19. The molecule has 0 saturated carbocycles. The van der Waals surface area contributed by atoms with E-state index < -0.39 is 0 Å². The van der Waals surface area contributed by atoms with Gasteiger partial charge in [0.15, 0.2) is 5.96 Å². The van der Waals surface area contributed by atoms with E-state index in [4.69, 9.17) is 4.74 Å². The van der Waals surface area contributed by atoms with Crippen molar-refractivity contribution in [3.8, 4) is 5.75 Å². The molecule has 168 valence electrons. The van der Waals surface area contributed by atoms with Gasteiger partial charge in [-0.3, -0.25) is 4.79 Å². The van der Waals surface area contributed by atoms with E-state index in [0.717, 1.165) is 36.7 Å². The Labute approximate surface area is 202 Å². The lowest BCUT2D eigenvalue weighted by molar-refractivity contribution is 0.0939. The summed E-state index contributed by atoms with van der Waals surface area (Å²) in [4.78, 5) is 16.9. The molecule has 3 rings (SSSR count). The monoisotopic (exact) mass is 536 g/mol. The predicted octanol–water partition coefficient (Wildman–Crippen LogP) is 3.89. The van der Waals surface area contributed by atoms with Crippen LogP contribution in [0.25, 0.3) is 0 Å². The number of carbonyl (C=O) groups excluding carboxylic acids is 1. The average molecular weight is 536 g/mol. The van der Waals surface area contributed by atoms with Gasteiger partial charge < -0.3 is 20.7 Å². The molecule has 0 spiro atoms. The number of rotatable bonds is 8. The Bertz CT molecular complexity index is 845. The minimum atomic E-state index is -0.0352. The highest BCUT2D eigenvalue weighted by Crippen LogP contribution is 2.27. The fourth-order valence-corrected chi connectivity index (χ4v) is 3.26. The van der Waals surface area contributed by atoms with E-state index in [9.17, 15) is 4.79 Å². The molecule has 0 fully saturated rings. The number of carbonyl (C=O) groups is 1. The first-order valence-corrected chi connectivity index (χ1v) is 10.8. The summed E-state index contributed by atoms with van der Waals surface area (Å²) in [6, 6.07) is 16.0. The Morgan fingerprint density at radius 2 is 1.87 bits per heavy atom. The molecule has 2 atom stereocenters. The van der Waals surface area contributed by atoms with E-state index in [1.54, 1.807) is 0 Å². The van der Waals surface area contributed by atoms with Crippen LogP contribution in [0.15, 0.2) is 53.5 Å². The minimum absolute atomic E-state index is 0. The fraction of sp³-hybridized carbons (Fsp3) is 0.417. The van der Waals surface area contributed by atoms with Gasteiger partial charge in [-0.15, -0.1) is 24.0 Å². The summed E-state index contributed by atoms with van der Waals surface area (Å²) in [5, 5.41) is 9.63. The molecule has 0 saturated heterocycles. The highest BCUT2D eigenvalue weighted by atomic mass is 127. The van der Waals surface area contributed by atoms with Crippen molar-refractivity contribution in [3.63, 3.8) is 0 Å². The summed E-state index contributed by atoms with van der Waals surface area (Å²) in [6.07, 6.45) is 1.93. The van der Waals surface area contributed by atoms with E-state index in [1.807, 2.05) is 56.3 Å². The van der Waals surface area contributed by atoms with Crippen molar-refractivity contribution in [3.05, 3.63) is 65.2 Å². The topological polar surface area (TPSA) is 74.8 Å². The van der Waals surface area contributed by atoms with Crippen LogP contribution in [0.2, 0.25) is 0 Å². The van der Waals surface area contributed by atoms with Crippen molar-refractivity contribution < 1.29 is 9.53 Å². The third kappa shape index (κ3) is 7.41. The number of amides is 1. The van der Waals surface area contributed by atoms with Gasteiger partial charge in [0, 0.05) is 24.6 Å². The molecule has 1 heterocycles. The number of nitrogens with one attached hydrogen (secondary N) is 3. The molecule has 0 radical (unpaired) electrons. The van der Waals surface area contributed by atoms with Crippen molar-refractivity contribution in [1.29, 1.82) is 0 Å². The number of guanidine groups is 1. The van der Waals surface area contributed by atoms with E-state index in [2.05, 4.69) is 33.9 Å². The third-order valence-corrected chi connectivity index (χ3v) is 5.18. The Hall–Kier alpha value is -2.29. The van der Waals surface area contributed by atoms with Crippen LogP contribution in [0.4, 0.5) is 0 Å². The van der Waals surface area contributed by atoms with Crippen molar-refractivity contribution in [2.24, 2.45) is 4.99 Å². The van der Waals surface area contributed by atoms with Gasteiger partial charge in [0.1, 0.15) is 11.9 Å². The van der Waals surface area contributed by atoms with Crippen LogP contribution in [-0.4, -0.2) is 37.1 Å². The number of hydrogen-bond donors (Lipinski definition) is 3. The maximum Gasteiger partial charge on any atom is 0.251 e. The molecule has 0 aliphatic carbocycles. The number of fused-ring (bicyclic) bond motifs is 1. The molecule has 0 bridgehead atoms. The summed E-state index contributed by atoms with van der Waals surface area (Å²) >= 11 is 0. The zero-order valence-corrected chi connectivity index (χ0v) is 20.8. The lowest BCUT2D eigenvalue weighted by Gasteiger charge is -2.15. The quantitative estimate of drug-likeness (QED) is 0.272. The lowest BCUT2D eigenvalue weighted by Crippen LogP contribution is -2.42. The maximum atomic E-state index is 12.2. The minimum Gasteiger partial charge on any atom is -0.488 e. The van der Waals surface area contributed by atoms with Gasteiger partial charge in [0.2, 0.25) is 0 Å². The van der Waals surface area contributed by atoms with Crippen LogP contribution in [0.5, 0.6) is 5.75 Å². The molecular formula is C24H33IN4O2. The number of nitrogens with zero attached hydrogens (tertiary/aromatic N) is 1. The van der Waals surface area contributed by atoms with Gasteiger partial charge in [-0.2, -0.15) is 0 Å². The molecule has 2 aromatic carbocycles. The second kappa shape index (κ2) is 12.5. The van der Waals surface area contributed by atoms with Crippen LogP contribution in [-0.2, 0) is 13.0 Å². The van der Waals surface area contributed by atoms with Gasteiger partial charge in [-0.25, -0.2) is 4.99 Å². The SMILES string of the molecule is CCNC(=NCc1ccc(C(=O)NC(C)CC)cc1)NCC1Cc2ccccc2O1.I. The smallest absolute Gasteiger partial charge is 0.251 e. The molecule has 31 heavy (non-hydrogen) atoms. The lowest BCUT2D eigenvalue weighted by atomic mass is 10.1. The van der Waals surface area contributed by atoms with E-state index in [1.165, 1.54) is 5.56 Å². The number of halogens is 1. The second-order valence-corrected chi connectivity index (χ2v) is 7.61. The largest absolute Gasteiger partial charge is 0.488 e. The van der Waals surface area contributed by atoms with E-state index >= 15 is 0 Å². The summed E-state index contributed by atoms with van der Waals surface area (Å²) in [5.41, 5.74) is 2.98. The molecule has 2 aromatic rings. The Balaban J connectivity index is 0.00000341. The Morgan fingerprint density at radius 3 is 2.55 bits per heavy atom. The van der Waals surface area contributed by atoms with Crippen LogP contribution in [0, 0.1) is 0 Å². The third-order valence-electron chi connectivity index (χ3n) is 5.18. The predicted molar refractivity (Wildman–Crippen MR) is 136 cm³/mol. The maximum absolute atomic E-state index is 12.2. The van der Waals surface area contributed by atoms with Crippen LogP contribution < -0.4 is 20.7 Å². The molecule has 0 aromatic heterocycles. The first-order chi connectivity index (χ1) is 14.6. The molecule has 7 heteroatoms. The van der Waals surface area contributed by atoms with E-state index in [-0.39, 0.29) is 42.0 Å². The fourth-order valence-electron chi connectivity index (χ4n) is 3.26. The Morgan fingerprint density at radius 1 is 1.13 bits per heavy atom. The Kier molecular flexibility index (Phi) is 10.1. The van der Waals surface area contributed by atoms with Gasteiger partial charge in [-0.05, 0) is 49.6 Å². The van der Waals surface area contributed by atoms with Crippen LogP contribution in [0.3, 0.4) is 0 Å². The highest BCUT2D eigenvalue weighted by molar-refractivity contribution is 14.0.